The molecule has 2 heterocycles. The Balaban J connectivity index is 1.57. The highest BCUT2D eigenvalue weighted by atomic mass is 79.9. The summed E-state index contributed by atoms with van der Waals surface area (Å²) in [5.41, 5.74) is 0.727. The number of hydrogen-bond donors (Lipinski definition) is 2. The van der Waals surface area contributed by atoms with E-state index in [0.29, 0.717) is 23.6 Å². The third-order valence-corrected chi connectivity index (χ3v) is 4.73. The number of carbonyl (C=O) groups excluding carboxylic acids is 1. The zero-order chi connectivity index (χ0) is 13.0. The summed E-state index contributed by atoms with van der Waals surface area (Å²) in [7, 11) is 0. The molecule has 4 nitrogen and oxygen atoms in total. The van der Waals surface area contributed by atoms with Crippen molar-refractivity contribution in [3.63, 3.8) is 0 Å². The van der Waals surface area contributed by atoms with Crippen molar-refractivity contribution in [2.24, 2.45) is 11.8 Å². The molecule has 2 aliphatic rings. The summed E-state index contributed by atoms with van der Waals surface area (Å²) in [6, 6.07) is 7.90. The summed E-state index contributed by atoms with van der Waals surface area (Å²) < 4.78 is 6.51. The Morgan fingerprint density at radius 3 is 2.89 bits per heavy atom. The van der Waals surface area contributed by atoms with E-state index in [4.69, 9.17) is 4.42 Å². The van der Waals surface area contributed by atoms with Crippen LogP contribution >= 0.6 is 15.9 Å². The number of rotatable bonds is 2. The van der Waals surface area contributed by atoms with E-state index < -0.39 is 0 Å². The number of halogens is 1. The van der Waals surface area contributed by atoms with E-state index in [1.807, 2.05) is 18.2 Å². The first-order chi connectivity index (χ1) is 9.24. The van der Waals surface area contributed by atoms with Crippen LogP contribution in [0.25, 0.3) is 11.0 Å². The summed E-state index contributed by atoms with van der Waals surface area (Å²) >= 11 is 3.43. The molecular formula is C14H13BrN2O2. The number of carbonyl (C=O) groups is 1. The van der Waals surface area contributed by atoms with Crippen LogP contribution in [0, 0.1) is 11.8 Å². The Kier molecular flexibility index (Phi) is 2.47. The Hall–Kier alpha value is -1.33. The van der Waals surface area contributed by atoms with Crippen molar-refractivity contribution in [1.29, 1.82) is 0 Å². The van der Waals surface area contributed by atoms with Crippen LogP contribution in [-0.2, 0) is 0 Å². The topological polar surface area (TPSA) is 54.3 Å². The second kappa shape index (κ2) is 4.08. The lowest BCUT2D eigenvalue weighted by Crippen LogP contribution is -2.32. The molecule has 1 aliphatic heterocycles. The van der Waals surface area contributed by atoms with Gasteiger partial charge in [-0.05, 0) is 39.9 Å². The van der Waals surface area contributed by atoms with Crippen molar-refractivity contribution in [1.82, 2.24) is 10.6 Å². The first-order valence-corrected chi connectivity index (χ1v) is 7.23. The summed E-state index contributed by atoms with van der Waals surface area (Å²) in [4.78, 5) is 12.2. The predicted octanol–water partition coefficient (Wildman–Crippen LogP) is 2.14. The standard InChI is InChI=1S/C14H13BrN2O2/c15-10-3-1-2-7-4-11(19-13(7)10)14(18)17-12-8-5-16-6-9(8)12/h1-4,8-9,12,16H,5-6H2,(H,17,18). The molecular weight excluding hydrogens is 308 g/mol. The van der Waals surface area contributed by atoms with Gasteiger partial charge in [0.05, 0.1) is 4.47 Å². The van der Waals surface area contributed by atoms with Crippen LogP contribution in [0.5, 0.6) is 0 Å². The first kappa shape index (κ1) is 11.5. The van der Waals surface area contributed by atoms with Gasteiger partial charge in [0.2, 0.25) is 0 Å². The zero-order valence-electron chi connectivity index (χ0n) is 10.2. The Labute approximate surface area is 118 Å². The van der Waals surface area contributed by atoms with Gasteiger partial charge in [0.1, 0.15) is 5.58 Å². The smallest absolute Gasteiger partial charge is 0.287 e. The minimum absolute atomic E-state index is 0.109. The molecule has 1 saturated heterocycles. The number of hydrogen-bond acceptors (Lipinski definition) is 3. The van der Waals surface area contributed by atoms with Crippen LogP contribution in [0.15, 0.2) is 33.2 Å². The van der Waals surface area contributed by atoms with Gasteiger partial charge in [0, 0.05) is 24.5 Å². The van der Waals surface area contributed by atoms with Crippen molar-refractivity contribution in [2.45, 2.75) is 6.04 Å². The number of fused-ring (bicyclic) bond motifs is 2. The summed E-state index contributed by atoms with van der Waals surface area (Å²) in [6.07, 6.45) is 0. The molecule has 0 bridgehead atoms. The van der Waals surface area contributed by atoms with Crippen molar-refractivity contribution >= 4 is 32.8 Å². The van der Waals surface area contributed by atoms with Gasteiger partial charge in [-0.25, -0.2) is 0 Å². The quantitative estimate of drug-likeness (QED) is 0.891. The van der Waals surface area contributed by atoms with E-state index in [-0.39, 0.29) is 5.91 Å². The maximum absolute atomic E-state index is 12.2. The minimum atomic E-state index is -0.109. The highest BCUT2D eigenvalue weighted by Gasteiger charge is 2.53. The molecule has 1 aromatic heterocycles. The van der Waals surface area contributed by atoms with Gasteiger partial charge in [-0.15, -0.1) is 0 Å². The summed E-state index contributed by atoms with van der Waals surface area (Å²) in [6.45, 7) is 2.03. The molecule has 4 rings (SSSR count). The van der Waals surface area contributed by atoms with Crippen LogP contribution in [0.1, 0.15) is 10.6 Å². The fourth-order valence-corrected chi connectivity index (χ4v) is 3.46. The molecule has 1 aliphatic carbocycles. The van der Waals surface area contributed by atoms with E-state index >= 15 is 0 Å². The second-order valence-corrected chi connectivity index (χ2v) is 6.11. The molecule has 2 aromatic rings. The van der Waals surface area contributed by atoms with E-state index in [9.17, 15) is 4.79 Å². The molecule has 2 atom stereocenters. The van der Waals surface area contributed by atoms with Gasteiger partial charge < -0.3 is 15.1 Å². The molecule has 2 fully saturated rings. The lowest BCUT2D eigenvalue weighted by molar-refractivity contribution is 0.0921. The summed E-state index contributed by atoms with van der Waals surface area (Å²) in [5.74, 6) is 1.50. The maximum atomic E-state index is 12.2. The molecule has 19 heavy (non-hydrogen) atoms. The highest BCUT2D eigenvalue weighted by Crippen LogP contribution is 2.41. The number of benzene rings is 1. The van der Waals surface area contributed by atoms with Crippen molar-refractivity contribution in [3.05, 3.63) is 34.5 Å². The van der Waals surface area contributed by atoms with E-state index in [1.165, 1.54) is 0 Å². The van der Waals surface area contributed by atoms with Gasteiger partial charge in [-0.3, -0.25) is 4.79 Å². The molecule has 0 spiro atoms. The van der Waals surface area contributed by atoms with Gasteiger partial charge >= 0.3 is 0 Å². The molecule has 2 N–H and O–H groups in total. The second-order valence-electron chi connectivity index (χ2n) is 5.25. The first-order valence-electron chi connectivity index (χ1n) is 6.44. The number of nitrogens with one attached hydrogen (secondary N) is 2. The van der Waals surface area contributed by atoms with Crippen LogP contribution in [0.4, 0.5) is 0 Å². The third kappa shape index (κ3) is 1.80. The molecule has 0 radical (unpaired) electrons. The molecule has 2 unspecified atom stereocenters. The van der Waals surface area contributed by atoms with Crippen LogP contribution < -0.4 is 10.6 Å². The van der Waals surface area contributed by atoms with Gasteiger partial charge in [0.25, 0.3) is 5.91 Å². The van der Waals surface area contributed by atoms with Crippen LogP contribution in [0.2, 0.25) is 0 Å². The SMILES string of the molecule is O=C(NC1C2CNCC21)c1cc2cccc(Br)c2o1. The maximum Gasteiger partial charge on any atom is 0.287 e. The highest BCUT2D eigenvalue weighted by molar-refractivity contribution is 9.10. The number of para-hydroxylation sites is 1. The van der Waals surface area contributed by atoms with E-state index in [2.05, 4.69) is 26.6 Å². The number of piperidine rings is 1. The normalized spacial score (nSPS) is 28.4. The molecule has 1 amide bonds. The van der Waals surface area contributed by atoms with Crippen molar-refractivity contribution < 1.29 is 9.21 Å². The minimum Gasteiger partial charge on any atom is -0.450 e. The molecule has 1 saturated carbocycles. The Bertz CT molecular complexity index is 657. The van der Waals surface area contributed by atoms with Crippen molar-refractivity contribution in [3.8, 4) is 0 Å². The molecule has 1 aromatic carbocycles. The van der Waals surface area contributed by atoms with Gasteiger partial charge in [-0.2, -0.15) is 0 Å². The predicted molar refractivity (Wildman–Crippen MR) is 75.0 cm³/mol. The van der Waals surface area contributed by atoms with Crippen LogP contribution in [-0.4, -0.2) is 25.0 Å². The van der Waals surface area contributed by atoms with Crippen LogP contribution in [0.3, 0.4) is 0 Å². The number of furan rings is 1. The fraction of sp³-hybridized carbons (Fsp3) is 0.357. The average Bonchev–Trinajstić information content (AvgIpc) is 2.85. The lowest BCUT2D eigenvalue weighted by atomic mass is 10.2. The average molecular weight is 321 g/mol. The monoisotopic (exact) mass is 320 g/mol. The summed E-state index contributed by atoms with van der Waals surface area (Å²) in [5, 5.41) is 7.32. The zero-order valence-corrected chi connectivity index (χ0v) is 11.7. The lowest BCUT2D eigenvalue weighted by Gasteiger charge is -2.05. The Morgan fingerprint density at radius 1 is 1.37 bits per heavy atom. The van der Waals surface area contributed by atoms with Crippen molar-refractivity contribution in [2.75, 3.05) is 13.1 Å². The Morgan fingerprint density at radius 2 is 2.16 bits per heavy atom. The number of amides is 1. The molecule has 98 valence electrons. The van der Waals surface area contributed by atoms with Gasteiger partial charge in [-0.1, -0.05) is 12.1 Å². The van der Waals surface area contributed by atoms with E-state index in [0.717, 1.165) is 28.5 Å². The largest absolute Gasteiger partial charge is 0.450 e. The fourth-order valence-electron chi connectivity index (χ4n) is 2.99. The van der Waals surface area contributed by atoms with Gasteiger partial charge in [0.15, 0.2) is 5.76 Å². The third-order valence-electron chi connectivity index (χ3n) is 4.11. The van der Waals surface area contributed by atoms with E-state index in [1.54, 1.807) is 6.07 Å². The molecule has 5 heteroatoms.